The number of nitrogens with one attached hydrogen (secondary N) is 1. The molecule has 2 aromatic carbocycles. The van der Waals surface area contributed by atoms with Crippen molar-refractivity contribution in [3.63, 3.8) is 0 Å². The van der Waals surface area contributed by atoms with Gasteiger partial charge in [0.25, 0.3) is 0 Å². The first-order chi connectivity index (χ1) is 20.0. The van der Waals surface area contributed by atoms with Gasteiger partial charge in [-0.1, -0.05) is 50.2 Å². The number of nitrogens with zero attached hydrogens (tertiary/aromatic N) is 1. The fraction of sp³-hybridized carbons (Fsp3) is 0.500. The van der Waals surface area contributed by atoms with Gasteiger partial charge in [0, 0.05) is 18.6 Å². The predicted molar refractivity (Wildman–Crippen MR) is 150 cm³/mol. The first-order valence-electron chi connectivity index (χ1n) is 14.0. The first-order valence-corrected chi connectivity index (χ1v) is 15.4. The summed E-state index contributed by atoms with van der Waals surface area (Å²) in [5.41, 5.74) is 0.971. The largest absolute Gasteiger partial charge is 0.563 e. The molecule has 5 rings (SSSR count). The SMILES string of the molecule is CC(C)CN(C[C@@H](O)[C@H](Cc1ccccc1)NC(=O)O[C@H]1CO[C@H]2OCC[C@H]21)S(=O)(=O)c1ccc2c(c1)C(=O)OB2O. The number of aliphatic hydroxyl groups excluding tert-OH is 1. The molecule has 0 aromatic heterocycles. The van der Waals surface area contributed by atoms with E-state index in [1.165, 1.54) is 18.2 Å². The molecule has 5 atom stereocenters. The number of aliphatic hydroxyl groups is 1. The Bertz CT molecular complexity index is 1390. The molecule has 14 heteroatoms. The number of rotatable bonds is 11. The van der Waals surface area contributed by atoms with Crippen LogP contribution in [0.4, 0.5) is 4.79 Å². The summed E-state index contributed by atoms with van der Waals surface area (Å²) in [5.74, 6) is -0.993. The molecule has 226 valence electrons. The predicted octanol–water partition coefficient (Wildman–Crippen LogP) is 0.651. The maximum absolute atomic E-state index is 13.8. The minimum absolute atomic E-state index is 0.0363. The Hall–Kier alpha value is -3.01. The highest BCUT2D eigenvalue weighted by atomic mass is 32.2. The number of fused-ring (bicyclic) bond motifs is 2. The lowest BCUT2D eigenvalue weighted by Crippen LogP contribution is -2.51. The van der Waals surface area contributed by atoms with Crippen LogP contribution in [0.1, 0.15) is 36.2 Å². The van der Waals surface area contributed by atoms with Crippen molar-refractivity contribution < 1.29 is 47.0 Å². The Morgan fingerprint density at radius 2 is 1.93 bits per heavy atom. The third-order valence-electron chi connectivity index (χ3n) is 7.64. The van der Waals surface area contributed by atoms with Crippen molar-refractivity contribution in [2.45, 2.75) is 56.1 Å². The van der Waals surface area contributed by atoms with Gasteiger partial charge in [0.2, 0.25) is 10.0 Å². The molecule has 2 fully saturated rings. The first kappa shape index (κ1) is 30.5. The van der Waals surface area contributed by atoms with Crippen LogP contribution in [0.25, 0.3) is 0 Å². The highest BCUT2D eigenvalue weighted by molar-refractivity contribution is 7.89. The standard InChI is InChI=1S/C28H35BN2O10S/c1-17(2)14-31(42(36,37)19-8-9-22-21(13-19)26(33)41-29(22)35)15-24(32)23(12-18-6-4-3-5-7-18)30-28(34)40-25-16-39-27-20(25)10-11-38-27/h3-9,13,17,20,23-25,27,32,35H,10-12,14-16H2,1-2H3,(H,30,34)/t20-,23-,24+,25-,27+/m0/s1. The number of hydrogen-bond donors (Lipinski definition) is 3. The number of hydrogen-bond acceptors (Lipinski definition) is 10. The van der Waals surface area contributed by atoms with Crippen molar-refractivity contribution in [3.05, 3.63) is 59.7 Å². The van der Waals surface area contributed by atoms with Crippen LogP contribution in [0, 0.1) is 11.8 Å². The summed E-state index contributed by atoms with van der Waals surface area (Å²) in [6.45, 7) is 4.14. The minimum Gasteiger partial charge on any atom is -0.502 e. The molecule has 3 aliphatic heterocycles. The van der Waals surface area contributed by atoms with Gasteiger partial charge in [0.1, 0.15) is 6.10 Å². The highest BCUT2D eigenvalue weighted by Crippen LogP contribution is 2.33. The lowest BCUT2D eigenvalue weighted by atomic mass is 9.80. The van der Waals surface area contributed by atoms with Crippen molar-refractivity contribution in [1.29, 1.82) is 0 Å². The normalized spacial score (nSPS) is 23.0. The second-order valence-corrected chi connectivity index (χ2v) is 13.1. The number of ether oxygens (including phenoxy) is 3. The van der Waals surface area contributed by atoms with Crippen molar-refractivity contribution >= 4 is 34.7 Å². The lowest BCUT2D eigenvalue weighted by molar-refractivity contribution is -0.0907. The van der Waals surface area contributed by atoms with Crippen molar-refractivity contribution in [2.24, 2.45) is 11.8 Å². The van der Waals surface area contributed by atoms with Gasteiger partial charge < -0.3 is 34.3 Å². The van der Waals surface area contributed by atoms with Crippen molar-refractivity contribution in [3.8, 4) is 0 Å². The van der Waals surface area contributed by atoms with Gasteiger partial charge in [0.15, 0.2) is 6.29 Å². The van der Waals surface area contributed by atoms with E-state index in [1.54, 1.807) is 0 Å². The van der Waals surface area contributed by atoms with Crippen LogP contribution >= 0.6 is 0 Å². The molecule has 42 heavy (non-hydrogen) atoms. The number of alkyl carbamates (subject to hydrolysis) is 1. The summed E-state index contributed by atoms with van der Waals surface area (Å²) in [6, 6.07) is 12.1. The van der Waals surface area contributed by atoms with Crippen LogP contribution in [0.2, 0.25) is 0 Å². The molecule has 0 bridgehead atoms. The van der Waals surface area contributed by atoms with E-state index in [2.05, 4.69) is 5.32 Å². The zero-order valence-corrected chi connectivity index (χ0v) is 24.2. The second kappa shape index (κ2) is 12.7. The van der Waals surface area contributed by atoms with Crippen LogP contribution in [-0.2, 0) is 35.3 Å². The summed E-state index contributed by atoms with van der Waals surface area (Å²) >= 11 is 0. The average molecular weight is 602 g/mol. The summed E-state index contributed by atoms with van der Waals surface area (Å²) < 4.78 is 50.2. The number of amides is 1. The molecule has 0 saturated carbocycles. The smallest absolute Gasteiger partial charge is 0.502 e. The average Bonchev–Trinajstić information content (AvgIpc) is 3.64. The quantitative estimate of drug-likeness (QED) is 0.312. The molecular weight excluding hydrogens is 567 g/mol. The molecule has 0 unspecified atom stereocenters. The zero-order valence-electron chi connectivity index (χ0n) is 23.4. The van der Waals surface area contributed by atoms with E-state index < -0.39 is 53.7 Å². The van der Waals surface area contributed by atoms with E-state index in [9.17, 15) is 28.1 Å². The maximum atomic E-state index is 13.8. The molecule has 12 nitrogen and oxygen atoms in total. The minimum atomic E-state index is -4.21. The Balaban J connectivity index is 1.35. The van der Waals surface area contributed by atoms with Gasteiger partial charge in [-0.2, -0.15) is 4.31 Å². The highest BCUT2D eigenvalue weighted by Gasteiger charge is 2.44. The number of sulfonamides is 1. The fourth-order valence-corrected chi connectivity index (χ4v) is 7.15. The number of carbonyl (C=O) groups is 2. The van der Waals surface area contributed by atoms with E-state index in [-0.39, 0.29) is 53.9 Å². The van der Waals surface area contributed by atoms with E-state index in [4.69, 9.17) is 18.9 Å². The van der Waals surface area contributed by atoms with Gasteiger partial charge >= 0.3 is 19.2 Å². The zero-order chi connectivity index (χ0) is 30.0. The Labute approximate surface area is 245 Å². The van der Waals surface area contributed by atoms with Crippen LogP contribution in [0.5, 0.6) is 0 Å². The van der Waals surface area contributed by atoms with Crippen LogP contribution in [0.15, 0.2) is 53.4 Å². The second-order valence-electron chi connectivity index (χ2n) is 11.2. The van der Waals surface area contributed by atoms with E-state index in [0.29, 0.717) is 13.0 Å². The molecule has 2 saturated heterocycles. The summed E-state index contributed by atoms with van der Waals surface area (Å²) in [4.78, 5) is 25.0. The van der Waals surface area contributed by atoms with Gasteiger partial charge in [-0.25, -0.2) is 18.0 Å². The Morgan fingerprint density at radius 3 is 2.67 bits per heavy atom. The summed E-state index contributed by atoms with van der Waals surface area (Å²) in [5, 5.41) is 24.1. The van der Waals surface area contributed by atoms with Crippen LogP contribution in [0.3, 0.4) is 0 Å². The molecule has 0 aliphatic carbocycles. The van der Waals surface area contributed by atoms with Gasteiger partial charge in [-0.05, 0) is 36.5 Å². The van der Waals surface area contributed by atoms with Gasteiger partial charge in [-0.3, -0.25) is 0 Å². The number of carbonyl (C=O) groups excluding carboxylic acids is 2. The third-order valence-corrected chi connectivity index (χ3v) is 9.46. The van der Waals surface area contributed by atoms with E-state index in [1.807, 2.05) is 44.2 Å². The maximum Gasteiger partial charge on any atom is 0.563 e. The monoisotopic (exact) mass is 602 g/mol. The van der Waals surface area contributed by atoms with Crippen LogP contribution in [-0.4, -0.2) is 92.9 Å². The van der Waals surface area contributed by atoms with Gasteiger partial charge in [0.05, 0.1) is 41.7 Å². The Morgan fingerprint density at radius 1 is 1.17 bits per heavy atom. The molecule has 0 spiro atoms. The van der Waals surface area contributed by atoms with Crippen molar-refractivity contribution in [2.75, 3.05) is 26.3 Å². The third kappa shape index (κ3) is 6.63. The van der Waals surface area contributed by atoms with Gasteiger partial charge in [-0.15, -0.1) is 0 Å². The molecule has 0 radical (unpaired) electrons. The fourth-order valence-electron chi connectivity index (χ4n) is 5.50. The molecule has 3 N–H and O–H groups in total. The van der Waals surface area contributed by atoms with E-state index >= 15 is 0 Å². The Kier molecular flexibility index (Phi) is 9.21. The summed E-state index contributed by atoms with van der Waals surface area (Å²) in [6.07, 6.45) is -2.03. The molecule has 1 amide bonds. The molecule has 3 aliphatic rings. The molecule has 2 aromatic rings. The summed E-state index contributed by atoms with van der Waals surface area (Å²) in [7, 11) is -5.66. The topological polar surface area (TPSA) is 161 Å². The number of benzene rings is 2. The molecule has 3 heterocycles. The van der Waals surface area contributed by atoms with E-state index in [0.717, 1.165) is 9.87 Å². The lowest BCUT2D eigenvalue weighted by Gasteiger charge is -2.31. The van der Waals surface area contributed by atoms with Crippen LogP contribution < -0.4 is 10.8 Å². The van der Waals surface area contributed by atoms with Crippen molar-refractivity contribution in [1.82, 2.24) is 9.62 Å². The molecular formula is C28H35BN2O10S.